The molecule has 0 aromatic rings. The quantitative estimate of drug-likeness (QED) is 0.649. The number of rotatable bonds is 5. The molecule has 0 spiro atoms. The summed E-state index contributed by atoms with van der Waals surface area (Å²) in [7, 11) is -3.18. The van der Waals surface area contributed by atoms with Crippen molar-refractivity contribution in [3.63, 3.8) is 0 Å². The lowest BCUT2D eigenvalue weighted by Crippen LogP contribution is -2.44. The molecule has 0 aliphatic rings. The lowest BCUT2D eigenvalue weighted by molar-refractivity contribution is 0.439. The van der Waals surface area contributed by atoms with Crippen molar-refractivity contribution in [3.8, 4) is 0 Å². The van der Waals surface area contributed by atoms with E-state index >= 15 is 0 Å². The second-order valence-electron chi connectivity index (χ2n) is 3.45. The molecule has 0 aliphatic carbocycles. The highest BCUT2D eigenvalue weighted by atomic mass is 32.2. The molecular formula is C7H18N2O2S. The van der Waals surface area contributed by atoms with Crippen molar-refractivity contribution in [1.82, 2.24) is 4.72 Å². The van der Waals surface area contributed by atoms with Crippen LogP contribution in [0.1, 0.15) is 27.2 Å². The highest BCUT2D eigenvalue weighted by Gasteiger charge is 2.21. The van der Waals surface area contributed by atoms with Gasteiger partial charge in [-0.2, -0.15) is 0 Å². The van der Waals surface area contributed by atoms with E-state index < -0.39 is 10.0 Å². The minimum atomic E-state index is -3.18. The molecule has 74 valence electrons. The maximum Gasteiger partial charge on any atom is 0.213 e. The number of sulfonamides is 1. The number of hydrogen-bond donors (Lipinski definition) is 2. The van der Waals surface area contributed by atoms with E-state index in [4.69, 9.17) is 5.73 Å². The first-order valence-electron chi connectivity index (χ1n) is 4.05. The van der Waals surface area contributed by atoms with Gasteiger partial charge in [0.05, 0.1) is 5.75 Å². The van der Waals surface area contributed by atoms with Crippen LogP contribution in [0.25, 0.3) is 0 Å². The van der Waals surface area contributed by atoms with E-state index in [1.807, 2.05) is 20.8 Å². The Morgan fingerprint density at radius 2 is 1.92 bits per heavy atom. The fourth-order valence-corrected chi connectivity index (χ4v) is 2.10. The summed E-state index contributed by atoms with van der Waals surface area (Å²) in [6.45, 7) is 5.79. The second-order valence-corrected chi connectivity index (χ2v) is 5.29. The molecule has 0 aliphatic heterocycles. The van der Waals surface area contributed by atoms with Crippen molar-refractivity contribution >= 4 is 10.0 Å². The first-order valence-corrected chi connectivity index (χ1v) is 5.70. The summed E-state index contributed by atoms with van der Waals surface area (Å²) in [5.41, 5.74) is 4.79. The van der Waals surface area contributed by atoms with Gasteiger partial charge in [-0.15, -0.1) is 0 Å². The summed E-state index contributed by atoms with van der Waals surface area (Å²) >= 11 is 0. The van der Waals surface area contributed by atoms with E-state index in [1.54, 1.807) is 0 Å². The summed E-state index contributed by atoms with van der Waals surface area (Å²) in [6, 6.07) is 0. The van der Waals surface area contributed by atoms with Crippen LogP contribution < -0.4 is 10.5 Å². The van der Waals surface area contributed by atoms with Crippen LogP contribution in [0.3, 0.4) is 0 Å². The van der Waals surface area contributed by atoms with E-state index in [9.17, 15) is 8.42 Å². The van der Waals surface area contributed by atoms with Crippen LogP contribution in [0.15, 0.2) is 0 Å². The first kappa shape index (κ1) is 11.9. The molecule has 0 bridgehead atoms. The van der Waals surface area contributed by atoms with Gasteiger partial charge in [0.15, 0.2) is 0 Å². The zero-order valence-electron chi connectivity index (χ0n) is 7.92. The smallest absolute Gasteiger partial charge is 0.213 e. The summed E-state index contributed by atoms with van der Waals surface area (Å²) in [5.74, 6) is -0.00354. The van der Waals surface area contributed by atoms with Crippen molar-refractivity contribution in [3.05, 3.63) is 0 Å². The van der Waals surface area contributed by atoms with E-state index in [0.29, 0.717) is 0 Å². The van der Waals surface area contributed by atoms with Crippen LogP contribution in [0.4, 0.5) is 0 Å². The largest absolute Gasteiger partial charge is 0.329 e. The molecule has 0 heterocycles. The van der Waals surface area contributed by atoms with Crippen molar-refractivity contribution in [1.29, 1.82) is 0 Å². The van der Waals surface area contributed by atoms with Gasteiger partial charge < -0.3 is 5.73 Å². The zero-order chi connectivity index (χ0) is 9.83. The summed E-state index contributed by atoms with van der Waals surface area (Å²) in [6.07, 6.45) is 0.761. The molecule has 0 atom stereocenters. The number of hydrogen-bond acceptors (Lipinski definition) is 3. The van der Waals surface area contributed by atoms with Crippen molar-refractivity contribution in [2.45, 2.75) is 32.7 Å². The lowest BCUT2D eigenvalue weighted by atomic mass is 10.0. The van der Waals surface area contributed by atoms with Gasteiger partial charge in [-0.05, 0) is 20.3 Å². The van der Waals surface area contributed by atoms with E-state index in [-0.39, 0.29) is 17.8 Å². The Kier molecular flexibility index (Phi) is 4.16. The molecule has 3 N–H and O–H groups in total. The molecule has 4 nitrogen and oxygen atoms in total. The van der Waals surface area contributed by atoms with Crippen LogP contribution in [0.2, 0.25) is 0 Å². The summed E-state index contributed by atoms with van der Waals surface area (Å²) in [5, 5.41) is 0. The molecule has 0 rings (SSSR count). The molecule has 0 radical (unpaired) electrons. The molecule has 0 aromatic heterocycles. The Bertz CT molecular complexity index is 222. The molecule has 0 amide bonds. The Labute approximate surface area is 74.6 Å². The van der Waals surface area contributed by atoms with Gasteiger partial charge >= 0.3 is 0 Å². The van der Waals surface area contributed by atoms with Gasteiger partial charge in [-0.25, -0.2) is 13.1 Å². The molecule has 0 saturated heterocycles. The third kappa shape index (κ3) is 4.69. The molecule has 0 unspecified atom stereocenters. The number of nitrogens with two attached hydrogens (primary N) is 1. The van der Waals surface area contributed by atoms with Gasteiger partial charge in [-0.3, -0.25) is 0 Å². The van der Waals surface area contributed by atoms with Crippen molar-refractivity contribution < 1.29 is 8.42 Å². The monoisotopic (exact) mass is 194 g/mol. The van der Waals surface area contributed by atoms with Crippen molar-refractivity contribution in [2.24, 2.45) is 5.73 Å². The zero-order valence-corrected chi connectivity index (χ0v) is 8.74. The highest BCUT2D eigenvalue weighted by Crippen LogP contribution is 2.08. The van der Waals surface area contributed by atoms with Crippen molar-refractivity contribution in [2.75, 3.05) is 12.3 Å². The van der Waals surface area contributed by atoms with Gasteiger partial charge in [-0.1, -0.05) is 6.92 Å². The van der Waals surface area contributed by atoms with Gasteiger partial charge in [0, 0.05) is 12.1 Å². The van der Waals surface area contributed by atoms with Crippen LogP contribution in [-0.4, -0.2) is 26.3 Å². The van der Waals surface area contributed by atoms with Crippen LogP contribution in [-0.2, 0) is 10.0 Å². The van der Waals surface area contributed by atoms with Gasteiger partial charge in [0.25, 0.3) is 0 Å². The average Bonchev–Trinajstić information content (AvgIpc) is 1.85. The normalized spacial score (nSPS) is 13.3. The lowest BCUT2D eigenvalue weighted by Gasteiger charge is -2.23. The van der Waals surface area contributed by atoms with Gasteiger partial charge in [0.1, 0.15) is 0 Å². The molecule has 0 fully saturated rings. The van der Waals surface area contributed by atoms with Crippen LogP contribution in [0.5, 0.6) is 0 Å². The maximum absolute atomic E-state index is 11.2. The summed E-state index contributed by atoms with van der Waals surface area (Å²) < 4.78 is 25.0. The minimum absolute atomic E-state index is 0.00354. The molecule has 0 aromatic carbocycles. The van der Waals surface area contributed by atoms with E-state index in [2.05, 4.69) is 4.72 Å². The van der Waals surface area contributed by atoms with E-state index in [1.165, 1.54) is 0 Å². The molecule has 5 heteroatoms. The average molecular weight is 194 g/mol. The Morgan fingerprint density at radius 3 is 2.25 bits per heavy atom. The second kappa shape index (κ2) is 4.20. The Morgan fingerprint density at radius 1 is 1.42 bits per heavy atom. The van der Waals surface area contributed by atoms with Crippen LogP contribution in [0, 0.1) is 0 Å². The SMILES string of the molecule is CCC(C)(C)NS(=O)(=O)CCN. The van der Waals surface area contributed by atoms with Crippen LogP contribution >= 0.6 is 0 Å². The summed E-state index contributed by atoms with van der Waals surface area (Å²) in [4.78, 5) is 0. The fourth-order valence-electron chi connectivity index (χ4n) is 0.699. The van der Waals surface area contributed by atoms with Gasteiger partial charge in [0.2, 0.25) is 10.0 Å². The topological polar surface area (TPSA) is 72.2 Å². The Balaban J connectivity index is 4.25. The maximum atomic E-state index is 11.2. The predicted molar refractivity (Wildman–Crippen MR) is 50.3 cm³/mol. The molecule has 0 saturated carbocycles. The Hall–Kier alpha value is -0.130. The van der Waals surface area contributed by atoms with E-state index in [0.717, 1.165) is 6.42 Å². The third-order valence-corrected chi connectivity index (χ3v) is 3.34. The molecular weight excluding hydrogens is 176 g/mol. The standard InChI is InChI=1S/C7H18N2O2S/c1-4-7(2,3)9-12(10,11)6-5-8/h9H,4-6,8H2,1-3H3. The minimum Gasteiger partial charge on any atom is -0.329 e. The number of nitrogens with one attached hydrogen (secondary N) is 1. The predicted octanol–water partition coefficient (Wildman–Crippen LogP) is 0.0531. The highest BCUT2D eigenvalue weighted by molar-refractivity contribution is 7.89. The fraction of sp³-hybridized carbons (Fsp3) is 1.00. The molecule has 12 heavy (non-hydrogen) atoms. The third-order valence-electron chi connectivity index (χ3n) is 1.70. The first-order chi connectivity index (χ1) is 5.33.